The van der Waals surface area contributed by atoms with Crippen molar-refractivity contribution in [2.24, 2.45) is 0 Å². The predicted octanol–water partition coefficient (Wildman–Crippen LogP) is 0.0379. The molecule has 1 saturated heterocycles. The van der Waals surface area contributed by atoms with Crippen molar-refractivity contribution in [2.45, 2.75) is 24.5 Å². The molecule has 8 nitrogen and oxygen atoms in total. The molecule has 4 atom stereocenters. The monoisotopic (exact) mass is 316 g/mol. The summed E-state index contributed by atoms with van der Waals surface area (Å²) in [6, 6.07) is 5.54. The standard InChI is InChI=1S/C15H16N4O4/c20-6-10-13(21)14(22)15(23-10)19-7-18-12-9(19)3-5-17-11(12)8-2-1-4-16-8/h1-5,7,10,13-16,20-22H,6H2/t10-,13-,14-,15-/m1/s1. The first-order valence-corrected chi connectivity index (χ1v) is 7.28. The summed E-state index contributed by atoms with van der Waals surface area (Å²) in [7, 11) is 0. The number of nitrogens with zero attached hydrogens (tertiary/aromatic N) is 3. The van der Waals surface area contributed by atoms with Crippen molar-refractivity contribution in [3.63, 3.8) is 0 Å². The zero-order valence-corrected chi connectivity index (χ0v) is 12.1. The minimum atomic E-state index is -1.15. The van der Waals surface area contributed by atoms with Crippen LogP contribution in [0.15, 0.2) is 36.9 Å². The normalized spacial score (nSPS) is 27.8. The maximum Gasteiger partial charge on any atom is 0.164 e. The molecular formula is C15H16N4O4. The van der Waals surface area contributed by atoms with E-state index in [1.54, 1.807) is 29.4 Å². The van der Waals surface area contributed by atoms with Gasteiger partial charge in [-0.25, -0.2) is 4.98 Å². The minimum absolute atomic E-state index is 0.364. The number of rotatable bonds is 3. The smallest absolute Gasteiger partial charge is 0.164 e. The van der Waals surface area contributed by atoms with Gasteiger partial charge in [0, 0.05) is 12.4 Å². The molecule has 1 aliphatic heterocycles. The Labute approximate surface area is 131 Å². The second kappa shape index (κ2) is 5.43. The molecule has 4 N–H and O–H groups in total. The Bertz CT molecular complexity index is 816. The number of aliphatic hydroxyl groups excluding tert-OH is 3. The van der Waals surface area contributed by atoms with Gasteiger partial charge < -0.3 is 29.6 Å². The van der Waals surface area contributed by atoms with Crippen LogP contribution in [-0.2, 0) is 4.74 Å². The number of ether oxygens (including phenoxy) is 1. The third-order valence-corrected chi connectivity index (χ3v) is 4.14. The van der Waals surface area contributed by atoms with Gasteiger partial charge in [-0.2, -0.15) is 0 Å². The lowest BCUT2D eigenvalue weighted by Crippen LogP contribution is -2.33. The highest BCUT2D eigenvalue weighted by Gasteiger charge is 2.43. The summed E-state index contributed by atoms with van der Waals surface area (Å²) in [5.74, 6) is 0. The minimum Gasteiger partial charge on any atom is -0.394 e. The molecule has 3 aromatic rings. The molecule has 1 fully saturated rings. The van der Waals surface area contributed by atoms with Crippen molar-refractivity contribution < 1.29 is 20.1 Å². The molecule has 120 valence electrons. The number of nitrogens with one attached hydrogen (secondary N) is 1. The van der Waals surface area contributed by atoms with Gasteiger partial charge in [-0.15, -0.1) is 0 Å². The fourth-order valence-corrected chi connectivity index (χ4v) is 2.95. The van der Waals surface area contributed by atoms with Gasteiger partial charge in [-0.3, -0.25) is 4.98 Å². The summed E-state index contributed by atoms with van der Waals surface area (Å²) in [4.78, 5) is 11.8. The topological polar surface area (TPSA) is 116 Å². The van der Waals surface area contributed by atoms with Crippen molar-refractivity contribution in [1.82, 2.24) is 19.5 Å². The summed E-state index contributed by atoms with van der Waals surface area (Å²) in [6.07, 6.45) is 1.07. The second-order valence-electron chi connectivity index (χ2n) is 5.49. The van der Waals surface area contributed by atoms with E-state index < -0.39 is 24.5 Å². The molecule has 0 amide bonds. The SMILES string of the molecule is OC[C@H]1O[C@@H](n2cnc3c(-c4ccc[nH]4)nccc32)[C@H](O)[C@@H]1O. The van der Waals surface area contributed by atoms with Crippen LogP contribution in [0, 0.1) is 0 Å². The Balaban J connectivity index is 1.80. The molecule has 0 unspecified atom stereocenters. The highest BCUT2D eigenvalue weighted by molar-refractivity contribution is 5.88. The van der Waals surface area contributed by atoms with Gasteiger partial charge in [0.1, 0.15) is 29.5 Å². The Morgan fingerprint density at radius 2 is 2.09 bits per heavy atom. The first-order valence-electron chi connectivity index (χ1n) is 7.28. The largest absolute Gasteiger partial charge is 0.394 e. The Kier molecular flexibility index (Phi) is 3.38. The van der Waals surface area contributed by atoms with Crippen LogP contribution >= 0.6 is 0 Å². The molecule has 0 saturated carbocycles. The fraction of sp³-hybridized carbons (Fsp3) is 0.333. The number of aromatic amines is 1. The summed E-state index contributed by atoms with van der Waals surface area (Å²) in [6.45, 7) is -0.364. The van der Waals surface area contributed by atoms with Crippen LogP contribution in [0.25, 0.3) is 22.4 Å². The van der Waals surface area contributed by atoms with E-state index in [1.165, 1.54) is 0 Å². The van der Waals surface area contributed by atoms with E-state index in [-0.39, 0.29) is 6.61 Å². The highest BCUT2D eigenvalue weighted by atomic mass is 16.6. The van der Waals surface area contributed by atoms with Gasteiger partial charge in [0.25, 0.3) is 0 Å². The van der Waals surface area contributed by atoms with E-state index in [9.17, 15) is 15.3 Å². The van der Waals surface area contributed by atoms with E-state index in [2.05, 4.69) is 15.0 Å². The van der Waals surface area contributed by atoms with Crippen LogP contribution in [0.3, 0.4) is 0 Å². The molecule has 0 radical (unpaired) electrons. The van der Waals surface area contributed by atoms with Crippen molar-refractivity contribution >= 4 is 11.0 Å². The second-order valence-corrected chi connectivity index (χ2v) is 5.49. The van der Waals surface area contributed by atoms with Crippen LogP contribution in [-0.4, -0.2) is 59.8 Å². The average molecular weight is 316 g/mol. The fourth-order valence-electron chi connectivity index (χ4n) is 2.95. The zero-order chi connectivity index (χ0) is 16.0. The van der Waals surface area contributed by atoms with Gasteiger partial charge in [-0.1, -0.05) is 0 Å². The summed E-state index contributed by atoms with van der Waals surface area (Å²) < 4.78 is 7.21. The van der Waals surface area contributed by atoms with Crippen molar-refractivity contribution in [1.29, 1.82) is 0 Å². The van der Waals surface area contributed by atoms with E-state index in [0.29, 0.717) is 11.2 Å². The van der Waals surface area contributed by atoms with Crippen LogP contribution < -0.4 is 0 Å². The number of aliphatic hydroxyl groups is 3. The van der Waals surface area contributed by atoms with Gasteiger partial charge in [0.05, 0.1) is 24.1 Å². The molecule has 1 aliphatic rings. The maximum absolute atomic E-state index is 10.2. The van der Waals surface area contributed by atoms with Crippen molar-refractivity contribution in [3.05, 3.63) is 36.9 Å². The van der Waals surface area contributed by atoms with Gasteiger partial charge >= 0.3 is 0 Å². The van der Waals surface area contributed by atoms with Crippen molar-refractivity contribution in [2.75, 3.05) is 6.61 Å². The molecule has 0 aromatic carbocycles. The number of aromatic nitrogens is 4. The first-order chi connectivity index (χ1) is 11.2. The van der Waals surface area contributed by atoms with Crippen LogP contribution in [0.2, 0.25) is 0 Å². The van der Waals surface area contributed by atoms with E-state index in [1.807, 2.05) is 12.1 Å². The molecule has 4 rings (SSSR count). The summed E-state index contributed by atoms with van der Waals surface area (Å²) in [5.41, 5.74) is 2.91. The number of hydrogen-bond acceptors (Lipinski definition) is 6. The lowest BCUT2D eigenvalue weighted by molar-refractivity contribution is -0.0508. The maximum atomic E-state index is 10.2. The van der Waals surface area contributed by atoms with Gasteiger partial charge in [0.2, 0.25) is 0 Å². The van der Waals surface area contributed by atoms with E-state index >= 15 is 0 Å². The quantitative estimate of drug-likeness (QED) is 0.542. The predicted molar refractivity (Wildman–Crippen MR) is 80.3 cm³/mol. The summed E-state index contributed by atoms with van der Waals surface area (Å²) >= 11 is 0. The Morgan fingerprint density at radius 1 is 1.22 bits per heavy atom. The molecule has 8 heteroatoms. The zero-order valence-electron chi connectivity index (χ0n) is 12.1. The number of hydrogen-bond donors (Lipinski definition) is 4. The third-order valence-electron chi connectivity index (χ3n) is 4.14. The molecule has 3 aromatic heterocycles. The molecule has 0 aliphatic carbocycles. The van der Waals surface area contributed by atoms with Crippen LogP contribution in [0.4, 0.5) is 0 Å². The van der Waals surface area contributed by atoms with Gasteiger partial charge in [-0.05, 0) is 18.2 Å². The first kappa shape index (κ1) is 14.3. The molecule has 4 heterocycles. The summed E-state index contributed by atoms with van der Waals surface area (Å²) in [5, 5.41) is 29.3. The Morgan fingerprint density at radius 3 is 2.78 bits per heavy atom. The molecule has 23 heavy (non-hydrogen) atoms. The number of fused-ring (bicyclic) bond motifs is 1. The number of H-pyrrole nitrogens is 1. The average Bonchev–Trinajstić information content (AvgIpc) is 3.28. The number of pyridine rings is 1. The van der Waals surface area contributed by atoms with Crippen LogP contribution in [0.5, 0.6) is 0 Å². The molecule has 0 bridgehead atoms. The Hall–Kier alpha value is -2.26. The lowest BCUT2D eigenvalue weighted by Gasteiger charge is -2.17. The van der Waals surface area contributed by atoms with Crippen LogP contribution in [0.1, 0.15) is 6.23 Å². The van der Waals surface area contributed by atoms with Gasteiger partial charge in [0.15, 0.2) is 6.23 Å². The molecular weight excluding hydrogens is 300 g/mol. The number of imidazole rings is 1. The molecule has 0 spiro atoms. The highest BCUT2D eigenvalue weighted by Crippen LogP contribution is 2.33. The van der Waals surface area contributed by atoms with Crippen molar-refractivity contribution in [3.8, 4) is 11.4 Å². The lowest BCUT2D eigenvalue weighted by atomic mass is 10.1. The third kappa shape index (κ3) is 2.15. The van der Waals surface area contributed by atoms with E-state index in [0.717, 1.165) is 11.2 Å². The van der Waals surface area contributed by atoms with E-state index in [4.69, 9.17) is 4.74 Å².